The van der Waals surface area contributed by atoms with Gasteiger partial charge in [-0.1, -0.05) is 12.1 Å². The molecule has 1 N–H and O–H groups in total. The second-order valence-electron chi connectivity index (χ2n) is 4.91. The number of rotatable bonds is 4. The van der Waals surface area contributed by atoms with Gasteiger partial charge in [-0.3, -0.25) is 19.2 Å². The molecular formula is C15H16N2O6. The molecule has 0 spiro atoms. The molecule has 1 aliphatic heterocycles. The first-order valence-corrected chi connectivity index (χ1v) is 6.94. The number of hydrogen-bond donors (Lipinski definition) is 1. The molecule has 1 aromatic carbocycles. The summed E-state index contributed by atoms with van der Waals surface area (Å²) in [4.78, 5) is 47.1. The lowest BCUT2D eigenvalue weighted by Crippen LogP contribution is -2.51. The van der Waals surface area contributed by atoms with Gasteiger partial charge in [-0.05, 0) is 6.07 Å². The van der Waals surface area contributed by atoms with Gasteiger partial charge in [0.15, 0.2) is 11.5 Å². The molecule has 1 saturated heterocycles. The van der Waals surface area contributed by atoms with Crippen molar-refractivity contribution in [1.82, 2.24) is 10.2 Å². The number of hydrogen-bond acceptors (Lipinski definition) is 6. The molecule has 0 atom stereocenters. The van der Waals surface area contributed by atoms with Crippen LogP contribution in [-0.2, 0) is 25.7 Å². The minimum absolute atomic E-state index is 0.0595. The number of nitrogens with zero attached hydrogens (tertiary/aromatic N) is 1. The number of nitrogens with one attached hydrogen (secondary N) is 1. The van der Waals surface area contributed by atoms with E-state index < -0.39 is 23.8 Å². The van der Waals surface area contributed by atoms with Crippen LogP contribution in [0.2, 0.25) is 0 Å². The molecule has 122 valence electrons. The SMILES string of the molecule is CC(=O)Oc1cccc(CN2CCNC(=O)C2=O)c1OC(C)=O. The number of amides is 2. The molecule has 0 radical (unpaired) electrons. The van der Waals surface area contributed by atoms with Crippen LogP contribution in [0.1, 0.15) is 19.4 Å². The highest BCUT2D eigenvalue weighted by Crippen LogP contribution is 2.32. The summed E-state index contributed by atoms with van der Waals surface area (Å²) < 4.78 is 10.2. The van der Waals surface area contributed by atoms with E-state index in [0.29, 0.717) is 18.7 Å². The first kappa shape index (κ1) is 16.5. The Bertz CT molecular complexity index is 670. The van der Waals surface area contributed by atoms with E-state index in [1.165, 1.54) is 24.8 Å². The second kappa shape index (κ2) is 6.91. The van der Waals surface area contributed by atoms with E-state index in [0.717, 1.165) is 0 Å². The lowest BCUT2D eigenvalue weighted by Gasteiger charge is -2.27. The largest absolute Gasteiger partial charge is 0.423 e. The fraction of sp³-hybridized carbons (Fsp3) is 0.333. The second-order valence-corrected chi connectivity index (χ2v) is 4.91. The van der Waals surface area contributed by atoms with Gasteiger partial charge in [0, 0.05) is 32.5 Å². The Morgan fingerprint density at radius 2 is 1.87 bits per heavy atom. The van der Waals surface area contributed by atoms with Crippen LogP contribution in [0.4, 0.5) is 0 Å². The standard InChI is InChI=1S/C15H16N2O6/c1-9(18)22-12-5-3-4-11(13(12)23-10(2)19)8-17-7-6-16-14(20)15(17)21/h3-5H,6-8H2,1-2H3,(H,16,20). The smallest absolute Gasteiger partial charge is 0.312 e. The summed E-state index contributed by atoms with van der Waals surface area (Å²) in [6.07, 6.45) is 0. The molecule has 2 amide bonds. The Kier molecular flexibility index (Phi) is 4.95. The van der Waals surface area contributed by atoms with Crippen molar-refractivity contribution >= 4 is 23.8 Å². The molecule has 0 saturated carbocycles. The molecule has 2 rings (SSSR count). The normalized spacial score (nSPS) is 14.3. The predicted octanol–water partition coefficient (Wildman–Crippen LogP) is -0.00440. The molecule has 0 unspecified atom stereocenters. The molecule has 0 aliphatic carbocycles. The first-order chi connectivity index (χ1) is 10.9. The quantitative estimate of drug-likeness (QED) is 0.476. The lowest BCUT2D eigenvalue weighted by atomic mass is 10.1. The number of benzene rings is 1. The van der Waals surface area contributed by atoms with Gasteiger partial charge in [-0.15, -0.1) is 0 Å². The zero-order chi connectivity index (χ0) is 17.0. The molecule has 1 heterocycles. The van der Waals surface area contributed by atoms with E-state index in [2.05, 4.69) is 5.32 Å². The molecular weight excluding hydrogens is 304 g/mol. The summed E-state index contributed by atoms with van der Waals surface area (Å²) in [5.41, 5.74) is 0.460. The fourth-order valence-corrected chi connectivity index (χ4v) is 2.16. The molecule has 0 aromatic heterocycles. The maximum Gasteiger partial charge on any atom is 0.312 e. The number of para-hydroxylation sites is 1. The Labute approximate surface area is 132 Å². The van der Waals surface area contributed by atoms with Crippen molar-refractivity contribution in [3.63, 3.8) is 0 Å². The summed E-state index contributed by atoms with van der Waals surface area (Å²) in [6.45, 7) is 3.18. The highest BCUT2D eigenvalue weighted by molar-refractivity contribution is 6.35. The van der Waals surface area contributed by atoms with Crippen molar-refractivity contribution in [3.05, 3.63) is 23.8 Å². The Morgan fingerprint density at radius 3 is 2.52 bits per heavy atom. The zero-order valence-corrected chi connectivity index (χ0v) is 12.8. The van der Waals surface area contributed by atoms with E-state index in [1.54, 1.807) is 12.1 Å². The summed E-state index contributed by atoms with van der Waals surface area (Å²) in [7, 11) is 0. The Balaban J connectivity index is 2.32. The third kappa shape index (κ3) is 4.06. The number of ether oxygens (including phenoxy) is 2. The van der Waals surface area contributed by atoms with Crippen LogP contribution >= 0.6 is 0 Å². The van der Waals surface area contributed by atoms with E-state index >= 15 is 0 Å². The summed E-state index contributed by atoms with van der Waals surface area (Å²) >= 11 is 0. The molecule has 1 fully saturated rings. The van der Waals surface area contributed by atoms with Gasteiger partial charge in [0.25, 0.3) is 0 Å². The molecule has 23 heavy (non-hydrogen) atoms. The van der Waals surface area contributed by atoms with E-state index in [4.69, 9.17) is 9.47 Å². The van der Waals surface area contributed by atoms with Crippen molar-refractivity contribution in [2.75, 3.05) is 13.1 Å². The van der Waals surface area contributed by atoms with Crippen molar-refractivity contribution in [2.24, 2.45) is 0 Å². The number of carbonyl (C=O) groups excluding carboxylic acids is 4. The number of carbonyl (C=O) groups is 4. The van der Waals surface area contributed by atoms with Crippen molar-refractivity contribution in [2.45, 2.75) is 20.4 Å². The number of piperazine rings is 1. The van der Waals surface area contributed by atoms with E-state index in [-0.39, 0.29) is 18.0 Å². The van der Waals surface area contributed by atoms with E-state index in [9.17, 15) is 19.2 Å². The monoisotopic (exact) mass is 320 g/mol. The van der Waals surface area contributed by atoms with Crippen molar-refractivity contribution in [1.29, 1.82) is 0 Å². The molecule has 1 aromatic rings. The minimum atomic E-state index is -0.679. The fourth-order valence-electron chi connectivity index (χ4n) is 2.16. The molecule has 1 aliphatic rings. The van der Waals surface area contributed by atoms with Crippen LogP contribution in [0.5, 0.6) is 11.5 Å². The zero-order valence-electron chi connectivity index (χ0n) is 12.8. The average molecular weight is 320 g/mol. The Morgan fingerprint density at radius 1 is 1.17 bits per heavy atom. The van der Waals surface area contributed by atoms with Gasteiger partial charge in [-0.2, -0.15) is 0 Å². The third-order valence-electron chi connectivity index (χ3n) is 3.07. The summed E-state index contributed by atoms with van der Waals surface area (Å²) in [6, 6.07) is 4.72. The Hall–Kier alpha value is -2.90. The van der Waals surface area contributed by atoms with Crippen LogP contribution in [0.25, 0.3) is 0 Å². The summed E-state index contributed by atoms with van der Waals surface area (Å²) in [5, 5.41) is 2.45. The highest BCUT2D eigenvalue weighted by Gasteiger charge is 2.27. The lowest BCUT2D eigenvalue weighted by molar-refractivity contribution is -0.148. The maximum absolute atomic E-state index is 11.8. The van der Waals surface area contributed by atoms with Gasteiger partial charge >= 0.3 is 23.8 Å². The van der Waals surface area contributed by atoms with Gasteiger partial charge in [-0.25, -0.2) is 0 Å². The molecule has 8 nitrogen and oxygen atoms in total. The van der Waals surface area contributed by atoms with Crippen LogP contribution in [0.3, 0.4) is 0 Å². The van der Waals surface area contributed by atoms with E-state index in [1.807, 2.05) is 0 Å². The average Bonchev–Trinajstić information content (AvgIpc) is 2.46. The van der Waals surface area contributed by atoms with Gasteiger partial charge in [0.05, 0.1) is 6.54 Å². The topological polar surface area (TPSA) is 102 Å². The third-order valence-corrected chi connectivity index (χ3v) is 3.07. The van der Waals surface area contributed by atoms with Gasteiger partial charge in [0.2, 0.25) is 0 Å². The van der Waals surface area contributed by atoms with Crippen molar-refractivity contribution in [3.8, 4) is 11.5 Å². The number of esters is 2. The van der Waals surface area contributed by atoms with Gasteiger partial charge in [0.1, 0.15) is 0 Å². The predicted molar refractivity (Wildman–Crippen MR) is 77.5 cm³/mol. The minimum Gasteiger partial charge on any atom is -0.423 e. The van der Waals surface area contributed by atoms with Gasteiger partial charge < -0.3 is 19.7 Å². The molecule has 0 bridgehead atoms. The van der Waals surface area contributed by atoms with Crippen LogP contribution in [-0.4, -0.2) is 41.7 Å². The first-order valence-electron chi connectivity index (χ1n) is 6.94. The maximum atomic E-state index is 11.8. The van der Waals surface area contributed by atoms with Crippen LogP contribution in [0, 0.1) is 0 Å². The van der Waals surface area contributed by atoms with Crippen LogP contribution in [0.15, 0.2) is 18.2 Å². The van der Waals surface area contributed by atoms with Crippen molar-refractivity contribution < 1.29 is 28.7 Å². The molecule has 8 heteroatoms. The van der Waals surface area contributed by atoms with Crippen LogP contribution < -0.4 is 14.8 Å². The highest BCUT2D eigenvalue weighted by atomic mass is 16.6. The summed E-state index contributed by atoms with van der Waals surface area (Å²) in [5.74, 6) is -2.35.